The average Bonchev–Trinajstić information content (AvgIpc) is 2.28. The van der Waals surface area contributed by atoms with Crippen LogP contribution < -0.4 is 11.5 Å². The van der Waals surface area contributed by atoms with Crippen molar-refractivity contribution in [1.29, 1.82) is 0 Å². The van der Waals surface area contributed by atoms with E-state index in [-0.39, 0.29) is 23.5 Å². The Balaban J connectivity index is 2.58. The third kappa shape index (κ3) is 4.07. The van der Waals surface area contributed by atoms with Gasteiger partial charge in [0, 0.05) is 18.0 Å². The number of amides is 1. The molecule has 0 aliphatic heterocycles. The fraction of sp³-hybridized carbons (Fsp3) is 0.462. The summed E-state index contributed by atoms with van der Waals surface area (Å²) in [6.07, 6.45) is 2.04. The number of nitrogens with two attached hydrogens (primary N) is 2. The van der Waals surface area contributed by atoms with Gasteiger partial charge >= 0.3 is 0 Å². The minimum atomic E-state index is -0.562. The van der Waals surface area contributed by atoms with Gasteiger partial charge in [0.05, 0.1) is 0 Å². The van der Waals surface area contributed by atoms with Crippen molar-refractivity contribution in [2.75, 3.05) is 0 Å². The van der Waals surface area contributed by atoms with E-state index in [1.54, 1.807) is 0 Å². The van der Waals surface area contributed by atoms with E-state index in [0.717, 1.165) is 12.1 Å². The van der Waals surface area contributed by atoms with E-state index in [1.165, 1.54) is 6.92 Å². The molecule has 1 aromatic carbocycles. The molecule has 1 amide bonds. The van der Waals surface area contributed by atoms with E-state index in [1.807, 2.05) is 0 Å². The molecule has 0 radical (unpaired) electrons. The molecule has 3 nitrogen and oxygen atoms in total. The molecule has 0 heterocycles. The minimum Gasteiger partial charge on any atom is -0.370 e. The largest absolute Gasteiger partial charge is 0.370 e. The first-order valence-electron chi connectivity index (χ1n) is 5.91. The summed E-state index contributed by atoms with van der Waals surface area (Å²) < 4.78 is 26.9. The fourth-order valence-corrected chi connectivity index (χ4v) is 1.76. The van der Waals surface area contributed by atoms with Gasteiger partial charge < -0.3 is 11.5 Å². The van der Waals surface area contributed by atoms with Crippen LogP contribution in [0.25, 0.3) is 0 Å². The Morgan fingerprint density at radius 2 is 1.94 bits per heavy atom. The van der Waals surface area contributed by atoms with Crippen molar-refractivity contribution in [3.05, 3.63) is 34.9 Å². The molecule has 1 atom stereocenters. The summed E-state index contributed by atoms with van der Waals surface area (Å²) in [6, 6.07) is 1.73. The highest BCUT2D eigenvalue weighted by Crippen LogP contribution is 2.23. The van der Waals surface area contributed by atoms with Crippen LogP contribution in [0, 0.1) is 18.6 Å². The van der Waals surface area contributed by atoms with Crippen molar-refractivity contribution in [2.45, 2.75) is 38.6 Å². The molecule has 4 N–H and O–H groups in total. The van der Waals surface area contributed by atoms with E-state index < -0.39 is 17.7 Å². The predicted octanol–water partition coefficient (Wildman–Crippen LogP) is 2.32. The molecule has 1 unspecified atom stereocenters. The Morgan fingerprint density at radius 1 is 1.28 bits per heavy atom. The highest BCUT2D eigenvalue weighted by atomic mass is 19.1. The summed E-state index contributed by atoms with van der Waals surface area (Å²) in [4.78, 5) is 10.5. The van der Waals surface area contributed by atoms with E-state index in [0.29, 0.717) is 19.3 Å². The lowest BCUT2D eigenvalue weighted by Crippen LogP contribution is -2.14. The van der Waals surface area contributed by atoms with Gasteiger partial charge in [-0.25, -0.2) is 8.78 Å². The molecule has 100 valence electrons. The molecule has 0 spiro atoms. The lowest BCUT2D eigenvalue weighted by atomic mass is 9.99. The molecule has 0 saturated heterocycles. The van der Waals surface area contributed by atoms with Crippen LogP contribution in [-0.2, 0) is 4.79 Å². The second-order valence-corrected chi connectivity index (χ2v) is 4.44. The van der Waals surface area contributed by atoms with E-state index in [4.69, 9.17) is 11.5 Å². The first-order valence-corrected chi connectivity index (χ1v) is 5.91. The van der Waals surface area contributed by atoms with Gasteiger partial charge in [-0.05, 0) is 37.5 Å². The lowest BCUT2D eigenvalue weighted by Gasteiger charge is -2.13. The van der Waals surface area contributed by atoms with Gasteiger partial charge in [0.1, 0.15) is 11.6 Å². The number of halogens is 2. The second kappa shape index (κ2) is 6.44. The zero-order chi connectivity index (χ0) is 13.7. The number of carbonyl (C=O) groups excluding carboxylic acids is 1. The lowest BCUT2D eigenvalue weighted by molar-refractivity contribution is -0.118. The van der Waals surface area contributed by atoms with Gasteiger partial charge in [-0.15, -0.1) is 0 Å². The molecular formula is C13H18F2N2O. The van der Waals surface area contributed by atoms with Gasteiger partial charge in [0.2, 0.25) is 5.91 Å². The van der Waals surface area contributed by atoms with Crippen LogP contribution >= 0.6 is 0 Å². The predicted molar refractivity (Wildman–Crippen MR) is 65.7 cm³/mol. The maximum Gasteiger partial charge on any atom is 0.217 e. The maximum atomic E-state index is 13.6. The van der Waals surface area contributed by atoms with E-state index in [9.17, 15) is 13.6 Å². The number of unbranched alkanes of at least 4 members (excludes halogenated alkanes) is 1. The summed E-state index contributed by atoms with van der Waals surface area (Å²) in [5, 5.41) is 0. The molecule has 0 aromatic heterocycles. The van der Waals surface area contributed by atoms with Gasteiger partial charge in [-0.2, -0.15) is 0 Å². The van der Waals surface area contributed by atoms with Crippen molar-refractivity contribution in [2.24, 2.45) is 11.5 Å². The number of hydrogen-bond acceptors (Lipinski definition) is 2. The van der Waals surface area contributed by atoms with Crippen molar-refractivity contribution in [3.63, 3.8) is 0 Å². The summed E-state index contributed by atoms with van der Waals surface area (Å²) in [6.45, 7) is 1.50. The summed E-state index contributed by atoms with van der Waals surface area (Å²) in [5.74, 6) is -1.31. The van der Waals surface area contributed by atoms with Crippen LogP contribution in [0.3, 0.4) is 0 Å². The van der Waals surface area contributed by atoms with Crippen molar-refractivity contribution >= 4 is 5.91 Å². The summed E-state index contributed by atoms with van der Waals surface area (Å²) >= 11 is 0. The van der Waals surface area contributed by atoms with Crippen LogP contribution in [0.5, 0.6) is 0 Å². The molecule has 0 fully saturated rings. The van der Waals surface area contributed by atoms with E-state index >= 15 is 0 Å². The number of benzene rings is 1. The number of rotatable bonds is 6. The topological polar surface area (TPSA) is 69.1 Å². The van der Waals surface area contributed by atoms with Crippen LogP contribution in [0.2, 0.25) is 0 Å². The molecule has 1 aromatic rings. The number of aryl methyl sites for hydroxylation is 1. The molecule has 18 heavy (non-hydrogen) atoms. The average molecular weight is 256 g/mol. The van der Waals surface area contributed by atoms with Crippen LogP contribution in [0.1, 0.15) is 42.9 Å². The first kappa shape index (κ1) is 14.6. The Bertz CT molecular complexity index is 435. The van der Waals surface area contributed by atoms with Gasteiger partial charge in [0.15, 0.2) is 0 Å². The molecule has 5 heteroatoms. The SMILES string of the molecule is Cc1cc(F)c(C(N)CCCCC(N)=O)cc1F. The molecule has 0 bridgehead atoms. The molecular weight excluding hydrogens is 238 g/mol. The van der Waals surface area contributed by atoms with Gasteiger partial charge in [-0.1, -0.05) is 6.42 Å². The standard InChI is InChI=1S/C13H18F2N2O/c1-8-6-11(15)9(7-10(8)14)12(16)4-2-3-5-13(17)18/h6-7,12H,2-5,16H2,1H3,(H2,17,18). The zero-order valence-corrected chi connectivity index (χ0v) is 10.4. The highest BCUT2D eigenvalue weighted by molar-refractivity contribution is 5.73. The van der Waals surface area contributed by atoms with Gasteiger partial charge in [-0.3, -0.25) is 4.79 Å². The van der Waals surface area contributed by atoms with Crippen molar-refractivity contribution in [1.82, 2.24) is 0 Å². The third-order valence-electron chi connectivity index (χ3n) is 2.87. The van der Waals surface area contributed by atoms with Crippen molar-refractivity contribution in [3.8, 4) is 0 Å². The molecule has 1 rings (SSSR count). The zero-order valence-electron chi connectivity index (χ0n) is 10.4. The minimum absolute atomic E-state index is 0.178. The monoisotopic (exact) mass is 256 g/mol. The Hall–Kier alpha value is -1.49. The number of carbonyl (C=O) groups is 1. The maximum absolute atomic E-state index is 13.6. The second-order valence-electron chi connectivity index (χ2n) is 4.44. The van der Waals surface area contributed by atoms with Gasteiger partial charge in [0.25, 0.3) is 0 Å². The van der Waals surface area contributed by atoms with E-state index in [2.05, 4.69) is 0 Å². The van der Waals surface area contributed by atoms with Crippen molar-refractivity contribution < 1.29 is 13.6 Å². The molecule has 0 aliphatic carbocycles. The van der Waals surface area contributed by atoms with Crippen LogP contribution in [-0.4, -0.2) is 5.91 Å². The Labute approximate surface area is 105 Å². The Kier molecular flexibility index (Phi) is 5.22. The quantitative estimate of drug-likeness (QED) is 0.767. The number of hydrogen-bond donors (Lipinski definition) is 2. The highest BCUT2D eigenvalue weighted by Gasteiger charge is 2.14. The third-order valence-corrected chi connectivity index (χ3v) is 2.87. The summed E-state index contributed by atoms with van der Waals surface area (Å²) in [5.41, 5.74) is 11.2. The normalized spacial score (nSPS) is 12.4. The smallest absolute Gasteiger partial charge is 0.217 e. The fourth-order valence-electron chi connectivity index (χ4n) is 1.76. The summed E-state index contributed by atoms with van der Waals surface area (Å²) in [7, 11) is 0. The van der Waals surface area contributed by atoms with Crippen LogP contribution in [0.15, 0.2) is 12.1 Å². The van der Waals surface area contributed by atoms with Crippen LogP contribution in [0.4, 0.5) is 8.78 Å². The molecule has 0 aliphatic rings. The first-order chi connectivity index (χ1) is 8.41. The number of primary amides is 1. The Morgan fingerprint density at radius 3 is 2.56 bits per heavy atom. The molecule has 0 saturated carbocycles.